The Bertz CT molecular complexity index is 436. The Morgan fingerprint density at radius 3 is 2.52 bits per heavy atom. The minimum atomic E-state index is 0.0784. The van der Waals surface area contributed by atoms with Gasteiger partial charge in [0.25, 0.3) is 0 Å². The number of hydrogen-bond acceptors (Lipinski definition) is 3. The van der Waals surface area contributed by atoms with E-state index in [4.69, 9.17) is 10.5 Å². The molecule has 1 saturated heterocycles. The number of benzene rings is 1. The predicted octanol–water partition coefficient (Wildman–Crippen LogP) is 3.09. The highest BCUT2D eigenvalue weighted by molar-refractivity contribution is 5.29. The summed E-state index contributed by atoms with van der Waals surface area (Å²) in [4.78, 5) is 2.43. The van der Waals surface area contributed by atoms with Gasteiger partial charge in [-0.3, -0.25) is 4.90 Å². The van der Waals surface area contributed by atoms with Gasteiger partial charge in [-0.15, -0.1) is 0 Å². The molecule has 1 heterocycles. The summed E-state index contributed by atoms with van der Waals surface area (Å²) in [6, 6.07) is 8.87. The molecule has 2 atom stereocenters. The summed E-state index contributed by atoms with van der Waals surface area (Å²) in [7, 11) is 1.80. The fourth-order valence-electron chi connectivity index (χ4n) is 2.99. The van der Waals surface area contributed by atoms with Crippen molar-refractivity contribution in [2.24, 2.45) is 5.73 Å². The molecule has 0 spiro atoms. The monoisotopic (exact) mass is 290 g/mol. The van der Waals surface area contributed by atoms with Crippen molar-refractivity contribution in [2.75, 3.05) is 26.7 Å². The fraction of sp³-hybridized carbons (Fsp3) is 0.667. The van der Waals surface area contributed by atoms with Gasteiger partial charge in [-0.05, 0) is 35.9 Å². The first-order chi connectivity index (χ1) is 9.90. The maximum absolute atomic E-state index is 6.39. The zero-order valence-electron chi connectivity index (χ0n) is 13.9. The van der Waals surface area contributed by atoms with Crippen molar-refractivity contribution >= 4 is 0 Å². The van der Waals surface area contributed by atoms with Gasteiger partial charge in [0.2, 0.25) is 0 Å². The van der Waals surface area contributed by atoms with Gasteiger partial charge < -0.3 is 10.5 Å². The summed E-state index contributed by atoms with van der Waals surface area (Å²) in [5.74, 6) is 0. The molecule has 1 aromatic rings. The molecule has 1 fully saturated rings. The van der Waals surface area contributed by atoms with E-state index in [2.05, 4.69) is 49.9 Å². The molecule has 3 nitrogen and oxygen atoms in total. The second kappa shape index (κ2) is 6.91. The third kappa shape index (κ3) is 4.53. The highest BCUT2D eigenvalue weighted by atomic mass is 16.5. The summed E-state index contributed by atoms with van der Waals surface area (Å²) >= 11 is 0. The first-order valence-corrected chi connectivity index (χ1v) is 8.01. The zero-order chi connectivity index (χ0) is 15.5. The van der Waals surface area contributed by atoms with E-state index in [-0.39, 0.29) is 11.5 Å². The van der Waals surface area contributed by atoms with Crippen LogP contribution in [0.3, 0.4) is 0 Å². The Labute approximate surface area is 129 Å². The Morgan fingerprint density at radius 1 is 1.29 bits per heavy atom. The summed E-state index contributed by atoms with van der Waals surface area (Å²) in [6.45, 7) is 9.76. The van der Waals surface area contributed by atoms with E-state index in [0.717, 1.165) is 19.6 Å². The normalized spacial score (nSPS) is 22.2. The largest absolute Gasteiger partial charge is 0.380 e. The molecule has 1 aliphatic rings. The molecule has 0 saturated carbocycles. The van der Waals surface area contributed by atoms with Crippen LogP contribution in [0.1, 0.15) is 50.8 Å². The topological polar surface area (TPSA) is 38.5 Å². The van der Waals surface area contributed by atoms with E-state index < -0.39 is 0 Å². The van der Waals surface area contributed by atoms with Crippen LogP contribution in [0, 0.1) is 0 Å². The number of methoxy groups -OCH3 is 1. The first-order valence-electron chi connectivity index (χ1n) is 8.01. The van der Waals surface area contributed by atoms with Crippen molar-refractivity contribution in [3.8, 4) is 0 Å². The molecule has 2 N–H and O–H groups in total. The van der Waals surface area contributed by atoms with Crippen LogP contribution in [0.2, 0.25) is 0 Å². The molecule has 1 aliphatic heterocycles. The van der Waals surface area contributed by atoms with Gasteiger partial charge >= 0.3 is 0 Å². The number of likely N-dealkylation sites (tertiary alicyclic amines) is 1. The number of hydrogen-bond donors (Lipinski definition) is 1. The first kappa shape index (κ1) is 16.5. The average molecular weight is 290 g/mol. The van der Waals surface area contributed by atoms with E-state index in [0.29, 0.717) is 6.10 Å². The highest BCUT2D eigenvalue weighted by Gasteiger charge is 2.21. The lowest BCUT2D eigenvalue weighted by atomic mass is 9.86. The number of ether oxygens (including phenoxy) is 1. The second-order valence-corrected chi connectivity index (χ2v) is 7.24. The van der Waals surface area contributed by atoms with Crippen LogP contribution in [-0.4, -0.2) is 37.7 Å². The Hall–Kier alpha value is -0.900. The third-order valence-electron chi connectivity index (χ3n) is 4.46. The molecule has 21 heavy (non-hydrogen) atoms. The van der Waals surface area contributed by atoms with Crippen molar-refractivity contribution in [1.29, 1.82) is 0 Å². The Kier molecular flexibility index (Phi) is 5.42. The Balaban J connectivity index is 1.95. The predicted molar refractivity (Wildman–Crippen MR) is 88.5 cm³/mol. The number of nitrogens with zero attached hydrogens (tertiary/aromatic N) is 1. The maximum Gasteiger partial charge on any atom is 0.0698 e. The SMILES string of the molecule is COC1CCCN(CC(N)c2ccc(C(C)(C)C)cc2)C1. The van der Waals surface area contributed by atoms with Crippen LogP contribution in [0.5, 0.6) is 0 Å². The van der Waals surface area contributed by atoms with Gasteiger partial charge in [-0.1, -0.05) is 45.0 Å². The molecule has 0 bridgehead atoms. The van der Waals surface area contributed by atoms with Crippen LogP contribution < -0.4 is 5.73 Å². The Morgan fingerprint density at radius 2 is 1.95 bits per heavy atom. The summed E-state index contributed by atoms with van der Waals surface area (Å²) in [5, 5.41) is 0. The minimum absolute atomic E-state index is 0.0784. The quantitative estimate of drug-likeness (QED) is 0.926. The zero-order valence-corrected chi connectivity index (χ0v) is 13.9. The van der Waals surface area contributed by atoms with Gasteiger partial charge in [0.05, 0.1) is 6.10 Å². The minimum Gasteiger partial charge on any atom is -0.380 e. The van der Waals surface area contributed by atoms with Gasteiger partial charge in [-0.25, -0.2) is 0 Å². The van der Waals surface area contributed by atoms with Crippen molar-refractivity contribution in [2.45, 2.75) is 51.2 Å². The highest BCUT2D eigenvalue weighted by Crippen LogP contribution is 2.24. The standard InChI is InChI=1S/C18H30N2O/c1-18(2,3)15-9-7-14(8-10-15)17(19)13-20-11-5-6-16(12-20)21-4/h7-10,16-17H,5-6,11-13,19H2,1-4H3. The summed E-state index contributed by atoms with van der Waals surface area (Å²) in [5.41, 5.74) is 9.17. The molecule has 0 amide bonds. The molecule has 2 unspecified atom stereocenters. The number of piperidine rings is 1. The lowest BCUT2D eigenvalue weighted by Gasteiger charge is -2.33. The van der Waals surface area contributed by atoms with Crippen molar-refractivity contribution in [1.82, 2.24) is 4.90 Å². The van der Waals surface area contributed by atoms with Crippen LogP contribution >= 0.6 is 0 Å². The van der Waals surface area contributed by atoms with E-state index >= 15 is 0 Å². The number of rotatable bonds is 4. The second-order valence-electron chi connectivity index (χ2n) is 7.24. The molecule has 2 rings (SSSR count). The van der Waals surface area contributed by atoms with Gasteiger partial charge in [0, 0.05) is 26.2 Å². The van der Waals surface area contributed by atoms with Crippen LogP contribution in [-0.2, 0) is 10.2 Å². The van der Waals surface area contributed by atoms with E-state index in [9.17, 15) is 0 Å². The lowest BCUT2D eigenvalue weighted by molar-refractivity contribution is 0.0294. The summed E-state index contributed by atoms with van der Waals surface area (Å²) < 4.78 is 5.48. The smallest absolute Gasteiger partial charge is 0.0698 e. The van der Waals surface area contributed by atoms with Crippen LogP contribution in [0.25, 0.3) is 0 Å². The van der Waals surface area contributed by atoms with E-state index in [1.807, 2.05) is 0 Å². The van der Waals surface area contributed by atoms with Gasteiger partial charge in [0.15, 0.2) is 0 Å². The van der Waals surface area contributed by atoms with Crippen molar-refractivity contribution in [3.05, 3.63) is 35.4 Å². The van der Waals surface area contributed by atoms with E-state index in [1.54, 1.807) is 7.11 Å². The molecule has 118 valence electrons. The van der Waals surface area contributed by atoms with E-state index in [1.165, 1.54) is 24.0 Å². The molecule has 0 aromatic heterocycles. The molecular weight excluding hydrogens is 260 g/mol. The third-order valence-corrected chi connectivity index (χ3v) is 4.46. The molecule has 1 aromatic carbocycles. The van der Waals surface area contributed by atoms with Gasteiger partial charge in [0.1, 0.15) is 0 Å². The molecule has 0 aliphatic carbocycles. The summed E-state index contributed by atoms with van der Waals surface area (Å²) in [6.07, 6.45) is 2.74. The number of nitrogens with two attached hydrogens (primary N) is 1. The maximum atomic E-state index is 6.39. The van der Waals surface area contributed by atoms with Crippen molar-refractivity contribution < 1.29 is 4.74 Å². The molecular formula is C18H30N2O. The van der Waals surface area contributed by atoms with Crippen LogP contribution in [0.4, 0.5) is 0 Å². The van der Waals surface area contributed by atoms with Gasteiger partial charge in [-0.2, -0.15) is 0 Å². The fourth-order valence-corrected chi connectivity index (χ4v) is 2.99. The average Bonchev–Trinajstić information content (AvgIpc) is 2.46. The van der Waals surface area contributed by atoms with Crippen LogP contribution in [0.15, 0.2) is 24.3 Å². The molecule has 3 heteroatoms. The van der Waals surface area contributed by atoms with Crippen molar-refractivity contribution in [3.63, 3.8) is 0 Å². The molecule has 0 radical (unpaired) electrons. The lowest BCUT2D eigenvalue weighted by Crippen LogP contribution is -2.42.